The standard InChI is InChI=1S/C8H9N5S/c9-7(10)14-5-6-4-13-3-1-2-11-8(13)12-6/h1-4H,5H2,(H3,9,10). The Labute approximate surface area is 84.9 Å². The van der Waals surface area contributed by atoms with E-state index in [1.54, 1.807) is 6.20 Å². The number of imidazole rings is 1. The first-order chi connectivity index (χ1) is 6.75. The molecule has 0 saturated heterocycles. The van der Waals surface area contributed by atoms with Gasteiger partial charge >= 0.3 is 0 Å². The van der Waals surface area contributed by atoms with Crippen LogP contribution in [0.2, 0.25) is 0 Å². The number of hydrogen-bond donors (Lipinski definition) is 2. The van der Waals surface area contributed by atoms with Crippen LogP contribution in [0.4, 0.5) is 0 Å². The molecule has 0 aliphatic carbocycles. The van der Waals surface area contributed by atoms with Crippen molar-refractivity contribution in [2.45, 2.75) is 5.75 Å². The van der Waals surface area contributed by atoms with Gasteiger partial charge in [-0.25, -0.2) is 9.97 Å². The predicted octanol–water partition coefficient (Wildman–Crippen LogP) is 0.856. The summed E-state index contributed by atoms with van der Waals surface area (Å²) in [7, 11) is 0. The molecule has 0 atom stereocenters. The predicted molar refractivity (Wildman–Crippen MR) is 56.2 cm³/mol. The summed E-state index contributed by atoms with van der Waals surface area (Å²) >= 11 is 1.26. The molecule has 0 bridgehead atoms. The van der Waals surface area contributed by atoms with Crippen molar-refractivity contribution in [1.29, 1.82) is 5.41 Å². The largest absolute Gasteiger partial charge is 0.379 e. The lowest BCUT2D eigenvalue weighted by molar-refractivity contribution is 1.11. The highest BCUT2D eigenvalue weighted by Gasteiger charge is 2.02. The Balaban J connectivity index is 2.22. The molecule has 0 unspecified atom stereocenters. The van der Waals surface area contributed by atoms with Gasteiger partial charge in [-0.3, -0.25) is 9.81 Å². The van der Waals surface area contributed by atoms with Gasteiger partial charge in [-0.2, -0.15) is 0 Å². The highest BCUT2D eigenvalue weighted by molar-refractivity contribution is 8.13. The van der Waals surface area contributed by atoms with E-state index in [0.29, 0.717) is 11.5 Å². The summed E-state index contributed by atoms with van der Waals surface area (Å²) in [6, 6.07) is 1.84. The topological polar surface area (TPSA) is 80.1 Å². The van der Waals surface area contributed by atoms with E-state index in [2.05, 4.69) is 9.97 Å². The van der Waals surface area contributed by atoms with Crippen LogP contribution < -0.4 is 5.73 Å². The Bertz CT molecular complexity index is 430. The minimum Gasteiger partial charge on any atom is -0.379 e. The Kier molecular flexibility index (Phi) is 2.36. The van der Waals surface area contributed by atoms with Gasteiger partial charge in [0.25, 0.3) is 0 Å². The van der Waals surface area contributed by atoms with Crippen molar-refractivity contribution in [3.8, 4) is 0 Å². The second-order valence-corrected chi connectivity index (χ2v) is 3.73. The molecule has 2 aromatic heterocycles. The molecular weight excluding hydrogens is 198 g/mol. The summed E-state index contributed by atoms with van der Waals surface area (Å²) in [5, 5.41) is 7.18. The van der Waals surface area contributed by atoms with Crippen LogP contribution in [-0.2, 0) is 5.75 Å². The second-order valence-electron chi connectivity index (χ2n) is 2.71. The zero-order valence-electron chi connectivity index (χ0n) is 7.34. The summed E-state index contributed by atoms with van der Waals surface area (Å²) in [5.74, 6) is 1.28. The van der Waals surface area contributed by atoms with Crippen LogP contribution in [0.3, 0.4) is 0 Å². The molecule has 2 heterocycles. The van der Waals surface area contributed by atoms with Crippen LogP contribution in [0, 0.1) is 5.41 Å². The average molecular weight is 207 g/mol. The van der Waals surface area contributed by atoms with Gasteiger partial charge in [0.15, 0.2) is 5.17 Å². The molecule has 5 nitrogen and oxygen atoms in total. The summed E-state index contributed by atoms with van der Waals surface area (Å²) in [6.07, 6.45) is 5.47. The molecule has 0 fully saturated rings. The van der Waals surface area contributed by atoms with E-state index in [1.807, 2.05) is 22.9 Å². The van der Waals surface area contributed by atoms with Crippen molar-refractivity contribution < 1.29 is 0 Å². The highest BCUT2D eigenvalue weighted by Crippen LogP contribution is 2.10. The first-order valence-electron chi connectivity index (χ1n) is 4.01. The number of thioether (sulfide) groups is 1. The van der Waals surface area contributed by atoms with Crippen molar-refractivity contribution in [3.63, 3.8) is 0 Å². The number of nitrogens with two attached hydrogens (primary N) is 1. The van der Waals surface area contributed by atoms with Gasteiger partial charge in [-0.05, 0) is 6.07 Å². The third-order valence-electron chi connectivity index (χ3n) is 1.66. The molecule has 0 radical (unpaired) electrons. The van der Waals surface area contributed by atoms with Gasteiger partial charge in [-0.15, -0.1) is 0 Å². The van der Waals surface area contributed by atoms with E-state index in [1.165, 1.54) is 11.8 Å². The monoisotopic (exact) mass is 207 g/mol. The number of amidine groups is 1. The van der Waals surface area contributed by atoms with Gasteiger partial charge in [0.2, 0.25) is 5.78 Å². The van der Waals surface area contributed by atoms with Crippen molar-refractivity contribution in [3.05, 3.63) is 30.4 Å². The quantitative estimate of drug-likeness (QED) is 0.565. The van der Waals surface area contributed by atoms with Crippen LogP contribution >= 0.6 is 11.8 Å². The van der Waals surface area contributed by atoms with Gasteiger partial charge in [0.05, 0.1) is 5.69 Å². The van der Waals surface area contributed by atoms with Gasteiger partial charge < -0.3 is 5.73 Å². The van der Waals surface area contributed by atoms with E-state index in [-0.39, 0.29) is 5.17 Å². The molecule has 14 heavy (non-hydrogen) atoms. The molecule has 0 aliphatic rings. The maximum absolute atomic E-state index is 7.07. The lowest BCUT2D eigenvalue weighted by Crippen LogP contribution is -2.03. The average Bonchev–Trinajstić information content (AvgIpc) is 2.57. The van der Waals surface area contributed by atoms with E-state index >= 15 is 0 Å². The molecule has 2 rings (SSSR count). The molecule has 6 heteroatoms. The fraction of sp³-hybridized carbons (Fsp3) is 0.125. The molecule has 0 saturated carbocycles. The minimum absolute atomic E-state index is 0.106. The second kappa shape index (κ2) is 3.67. The van der Waals surface area contributed by atoms with E-state index in [4.69, 9.17) is 11.1 Å². The smallest absolute Gasteiger partial charge is 0.233 e. The summed E-state index contributed by atoms with van der Waals surface area (Å²) in [5.41, 5.74) is 6.11. The maximum atomic E-state index is 7.07. The van der Waals surface area contributed by atoms with E-state index in [0.717, 1.165) is 5.69 Å². The molecular formula is C8H9N5S. The lowest BCUT2D eigenvalue weighted by Gasteiger charge is -1.92. The number of nitrogens with zero attached hydrogens (tertiary/aromatic N) is 3. The maximum Gasteiger partial charge on any atom is 0.233 e. The number of rotatable bonds is 2. The SMILES string of the molecule is N=C(N)SCc1cn2cccnc2n1. The van der Waals surface area contributed by atoms with Crippen LogP contribution in [0.1, 0.15) is 5.69 Å². The van der Waals surface area contributed by atoms with Crippen LogP contribution in [-0.4, -0.2) is 19.5 Å². The zero-order chi connectivity index (χ0) is 9.97. The Morgan fingerprint density at radius 3 is 3.21 bits per heavy atom. The van der Waals surface area contributed by atoms with Crippen molar-refractivity contribution in [2.75, 3.05) is 0 Å². The first-order valence-corrected chi connectivity index (χ1v) is 4.99. The van der Waals surface area contributed by atoms with Crippen molar-refractivity contribution in [1.82, 2.24) is 14.4 Å². The van der Waals surface area contributed by atoms with E-state index in [9.17, 15) is 0 Å². The molecule has 2 aromatic rings. The first kappa shape index (κ1) is 9.01. The zero-order valence-corrected chi connectivity index (χ0v) is 8.16. The summed E-state index contributed by atoms with van der Waals surface area (Å²) in [4.78, 5) is 8.35. The Hall–Kier alpha value is -1.56. The summed E-state index contributed by atoms with van der Waals surface area (Å²) in [6.45, 7) is 0. The molecule has 0 amide bonds. The molecule has 0 aliphatic heterocycles. The number of fused-ring (bicyclic) bond motifs is 1. The third-order valence-corrected chi connectivity index (χ3v) is 2.41. The lowest BCUT2D eigenvalue weighted by atomic mass is 10.6. The van der Waals surface area contributed by atoms with Gasteiger partial charge in [0.1, 0.15) is 0 Å². The van der Waals surface area contributed by atoms with Crippen LogP contribution in [0.25, 0.3) is 5.78 Å². The number of nitrogens with one attached hydrogen (secondary N) is 1. The Morgan fingerprint density at radius 2 is 2.50 bits per heavy atom. The normalized spacial score (nSPS) is 10.6. The van der Waals surface area contributed by atoms with Gasteiger partial charge in [0, 0.05) is 24.3 Å². The minimum atomic E-state index is 0.106. The van der Waals surface area contributed by atoms with Crippen LogP contribution in [0.5, 0.6) is 0 Å². The van der Waals surface area contributed by atoms with Crippen LogP contribution in [0.15, 0.2) is 24.7 Å². The van der Waals surface area contributed by atoms with Gasteiger partial charge in [-0.1, -0.05) is 11.8 Å². The molecule has 3 N–H and O–H groups in total. The number of aromatic nitrogens is 3. The van der Waals surface area contributed by atoms with E-state index < -0.39 is 0 Å². The Morgan fingerprint density at radius 1 is 1.64 bits per heavy atom. The fourth-order valence-electron chi connectivity index (χ4n) is 1.10. The molecule has 72 valence electrons. The molecule has 0 spiro atoms. The third kappa shape index (κ3) is 1.85. The van der Waals surface area contributed by atoms with Crippen molar-refractivity contribution in [2.24, 2.45) is 5.73 Å². The van der Waals surface area contributed by atoms with Crippen molar-refractivity contribution >= 4 is 22.7 Å². The fourth-order valence-corrected chi connectivity index (χ4v) is 1.54. The highest BCUT2D eigenvalue weighted by atomic mass is 32.2. The summed E-state index contributed by atoms with van der Waals surface area (Å²) < 4.78 is 1.84. The molecule has 0 aromatic carbocycles. The number of hydrogen-bond acceptors (Lipinski definition) is 4.